The number of hydrogen-bond acceptors (Lipinski definition) is 3. The third-order valence-corrected chi connectivity index (χ3v) is 3.25. The van der Waals surface area contributed by atoms with Crippen molar-refractivity contribution in [3.05, 3.63) is 53.6 Å². The Labute approximate surface area is 126 Å². The molecule has 3 nitrogen and oxygen atoms in total. The van der Waals surface area contributed by atoms with Gasteiger partial charge in [-0.1, -0.05) is 24.3 Å². The van der Waals surface area contributed by atoms with Crippen molar-refractivity contribution in [1.29, 1.82) is 0 Å². The zero-order chi connectivity index (χ0) is 15.2. The normalized spacial score (nSPS) is 10.7. The lowest BCUT2D eigenvalue weighted by molar-refractivity contribution is 0.394. The molecule has 0 heterocycles. The van der Waals surface area contributed by atoms with Crippen molar-refractivity contribution in [3.63, 3.8) is 0 Å². The van der Waals surface area contributed by atoms with E-state index in [9.17, 15) is 0 Å². The van der Waals surface area contributed by atoms with Crippen LogP contribution in [-0.2, 0) is 0 Å². The van der Waals surface area contributed by atoms with E-state index in [1.54, 1.807) is 14.2 Å². The summed E-state index contributed by atoms with van der Waals surface area (Å²) < 4.78 is 10.5. The zero-order valence-corrected chi connectivity index (χ0v) is 13.0. The van der Waals surface area contributed by atoms with Gasteiger partial charge < -0.3 is 14.4 Å². The first-order chi connectivity index (χ1) is 10.1. The number of ether oxygens (including phenoxy) is 2. The van der Waals surface area contributed by atoms with Crippen molar-refractivity contribution in [2.24, 2.45) is 0 Å². The second-order valence-electron chi connectivity index (χ2n) is 4.97. The van der Waals surface area contributed by atoms with Gasteiger partial charge in [0.15, 0.2) is 0 Å². The number of hydrogen-bond donors (Lipinski definition) is 0. The molecule has 2 aromatic rings. The minimum Gasteiger partial charge on any atom is -0.497 e. The van der Waals surface area contributed by atoms with Gasteiger partial charge in [-0.25, -0.2) is 0 Å². The van der Waals surface area contributed by atoms with E-state index in [1.807, 2.05) is 32.3 Å². The Morgan fingerprint density at radius 3 is 1.76 bits per heavy atom. The van der Waals surface area contributed by atoms with Crippen LogP contribution in [0, 0.1) is 0 Å². The number of methoxy groups -OCH3 is 2. The van der Waals surface area contributed by atoms with E-state index in [-0.39, 0.29) is 0 Å². The van der Waals surface area contributed by atoms with Crippen molar-refractivity contribution in [2.45, 2.75) is 0 Å². The molecule has 0 radical (unpaired) electrons. The molecule has 0 amide bonds. The Balaban J connectivity index is 2.20. The van der Waals surface area contributed by atoms with Gasteiger partial charge in [-0.15, -0.1) is 0 Å². The third kappa shape index (κ3) is 4.02. The second kappa shape index (κ2) is 6.84. The predicted molar refractivity (Wildman–Crippen MR) is 89.2 cm³/mol. The number of benzene rings is 2. The highest BCUT2D eigenvalue weighted by Crippen LogP contribution is 2.24. The summed E-state index contributed by atoms with van der Waals surface area (Å²) >= 11 is 0. The number of rotatable bonds is 5. The first kappa shape index (κ1) is 15.0. The Morgan fingerprint density at radius 1 is 0.762 bits per heavy atom. The highest BCUT2D eigenvalue weighted by molar-refractivity contribution is 5.71. The van der Waals surface area contributed by atoms with Gasteiger partial charge in [-0.2, -0.15) is 0 Å². The van der Waals surface area contributed by atoms with Gasteiger partial charge in [0.25, 0.3) is 0 Å². The molecule has 0 atom stereocenters. The number of anilines is 1. The van der Waals surface area contributed by atoms with Crippen LogP contribution in [0.3, 0.4) is 0 Å². The Bertz CT molecular complexity index is 593. The van der Waals surface area contributed by atoms with Gasteiger partial charge in [0.1, 0.15) is 11.5 Å². The van der Waals surface area contributed by atoms with Gasteiger partial charge in [-0.3, -0.25) is 0 Å². The maximum absolute atomic E-state index is 5.27. The molecule has 0 saturated carbocycles. The molecular formula is C18H21NO2. The van der Waals surface area contributed by atoms with Crippen LogP contribution >= 0.6 is 0 Å². The van der Waals surface area contributed by atoms with Crippen LogP contribution in [-0.4, -0.2) is 28.3 Å². The van der Waals surface area contributed by atoms with Crippen LogP contribution in [0.15, 0.2) is 42.5 Å². The minimum atomic E-state index is 0.789. The van der Waals surface area contributed by atoms with E-state index in [4.69, 9.17) is 9.47 Å². The Kier molecular flexibility index (Phi) is 4.88. The molecule has 0 aliphatic carbocycles. The maximum atomic E-state index is 5.27. The summed E-state index contributed by atoms with van der Waals surface area (Å²) in [6.45, 7) is 0. The van der Waals surface area contributed by atoms with E-state index >= 15 is 0 Å². The van der Waals surface area contributed by atoms with Crippen LogP contribution in [0.25, 0.3) is 12.2 Å². The van der Waals surface area contributed by atoms with Crippen LogP contribution in [0.5, 0.6) is 11.5 Å². The van der Waals surface area contributed by atoms with Gasteiger partial charge in [0.2, 0.25) is 0 Å². The fraction of sp³-hybridized carbons (Fsp3) is 0.222. The molecule has 0 saturated heterocycles. The molecule has 2 rings (SSSR count). The molecule has 0 bridgehead atoms. The van der Waals surface area contributed by atoms with E-state index in [2.05, 4.69) is 41.3 Å². The smallest absolute Gasteiger partial charge is 0.123 e. The summed E-state index contributed by atoms with van der Waals surface area (Å²) in [5, 5.41) is 0. The van der Waals surface area contributed by atoms with Crippen molar-refractivity contribution >= 4 is 17.8 Å². The van der Waals surface area contributed by atoms with Gasteiger partial charge in [0.05, 0.1) is 14.2 Å². The van der Waals surface area contributed by atoms with Crippen molar-refractivity contribution < 1.29 is 9.47 Å². The summed E-state index contributed by atoms with van der Waals surface area (Å²) in [4.78, 5) is 2.08. The van der Waals surface area contributed by atoms with E-state index in [0.29, 0.717) is 0 Å². The van der Waals surface area contributed by atoms with Gasteiger partial charge in [-0.05, 0) is 35.4 Å². The zero-order valence-electron chi connectivity index (χ0n) is 13.0. The van der Waals surface area contributed by atoms with E-state index < -0.39 is 0 Å². The average molecular weight is 283 g/mol. The third-order valence-electron chi connectivity index (χ3n) is 3.25. The van der Waals surface area contributed by atoms with Crippen molar-refractivity contribution in [2.75, 3.05) is 33.2 Å². The lowest BCUT2D eigenvalue weighted by atomic mass is 10.1. The molecule has 0 aliphatic heterocycles. The van der Waals surface area contributed by atoms with E-state index in [0.717, 1.165) is 22.6 Å². The molecule has 21 heavy (non-hydrogen) atoms. The average Bonchev–Trinajstić information content (AvgIpc) is 2.52. The molecule has 0 N–H and O–H groups in total. The maximum Gasteiger partial charge on any atom is 0.123 e. The van der Waals surface area contributed by atoms with Crippen LogP contribution < -0.4 is 14.4 Å². The van der Waals surface area contributed by atoms with Crippen LogP contribution in [0.4, 0.5) is 5.69 Å². The summed E-state index contributed by atoms with van der Waals surface area (Å²) in [5.74, 6) is 1.58. The molecule has 0 aliphatic rings. The molecule has 0 spiro atoms. The standard InChI is InChI=1S/C18H21NO2/c1-19(2)16-9-7-14(8-10-16)5-6-15-11-17(20-3)13-18(12-15)21-4/h5-13H,1-4H3/b6-5+. The summed E-state index contributed by atoms with van der Waals surface area (Å²) in [5.41, 5.74) is 3.39. The molecule has 0 aromatic heterocycles. The molecule has 110 valence electrons. The lowest BCUT2D eigenvalue weighted by Crippen LogP contribution is -2.07. The molecule has 0 fully saturated rings. The molecule has 0 unspecified atom stereocenters. The summed E-state index contributed by atoms with van der Waals surface area (Å²) in [7, 11) is 7.38. The quantitative estimate of drug-likeness (QED) is 0.776. The minimum absolute atomic E-state index is 0.789. The van der Waals surface area contributed by atoms with Gasteiger partial charge >= 0.3 is 0 Å². The fourth-order valence-electron chi connectivity index (χ4n) is 2.00. The van der Waals surface area contributed by atoms with Crippen LogP contribution in [0.1, 0.15) is 11.1 Å². The SMILES string of the molecule is COc1cc(/C=C/c2ccc(N(C)C)cc2)cc(OC)c1. The first-order valence-corrected chi connectivity index (χ1v) is 6.81. The lowest BCUT2D eigenvalue weighted by Gasteiger charge is -2.11. The highest BCUT2D eigenvalue weighted by Gasteiger charge is 1.99. The number of nitrogens with zero attached hydrogens (tertiary/aromatic N) is 1. The molecular weight excluding hydrogens is 262 g/mol. The topological polar surface area (TPSA) is 21.7 Å². The monoisotopic (exact) mass is 283 g/mol. The predicted octanol–water partition coefficient (Wildman–Crippen LogP) is 3.94. The molecule has 3 heteroatoms. The van der Waals surface area contributed by atoms with Crippen molar-refractivity contribution in [1.82, 2.24) is 0 Å². The van der Waals surface area contributed by atoms with Crippen LogP contribution in [0.2, 0.25) is 0 Å². The Hall–Kier alpha value is -2.42. The summed E-state index contributed by atoms with van der Waals surface area (Å²) in [6.07, 6.45) is 4.13. The van der Waals surface area contributed by atoms with E-state index in [1.165, 1.54) is 5.69 Å². The molecule has 2 aromatic carbocycles. The first-order valence-electron chi connectivity index (χ1n) is 6.81. The Morgan fingerprint density at radius 2 is 1.29 bits per heavy atom. The highest BCUT2D eigenvalue weighted by atomic mass is 16.5. The fourth-order valence-corrected chi connectivity index (χ4v) is 2.00. The largest absolute Gasteiger partial charge is 0.497 e. The van der Waals surface area contributed by atoms with Crippen molar-refractivity contribution in [3.8, 4) is 11.5 Å². The summed E-state index contributed by atoms with van der Waals surface area (Å²) in [6, 6.07) is 14.2. The van der Waals surface area contributed by atoms with Gasteiger partial charge in [0, 0.05) is 25.8 Å². The second-order valence-corrected chi connectivity index (χ2v) is 4.97.